The van der Waals surface area contributed by atoms with Crippen LogP contribution in [0, 0.1) is 0 Å². The molecule has 0 aliphatic heterocycles. The molecule has 1 atom stereocenters. The predicted molar refractivity (Wildman–Crippen MR) is 54.4 cm³/mol. The van der Waals surface area contributed by atoms with Crippen LogP contribution in [0.5, 0.6) is 0 Å². The molecule has 0 heterocycles. The predicted octanol–water partition coefficient (Wildman–Crippen LogP) is 1.42. The molecule has 1 rings (SSSR count). The number of rotatable bonds is 3. The molecule has 0 saturated carbocycles. The van der Waals surface area contributed by atoms with Gasteiger partial charge in [-0.1, -0.05) is 31.2 Å². The first-order valence-electron chi connectivity index (χ1n) is 4.60. The third-order valence-electron chi connectivity index (χ3n) is 2.34. The summed E-state index contributed by atoms with van der Waals surface area (Å²) in [6, 6.07) is 7.98. The van der Waals surface area contributed by atoms with Crippen LogP contribution in [-0.2, 0) is 12.0 Å². The van der Waals surface area contributed by atoms with Gasteiger partial charge in [-0.05, 0) is 24.5 Å². The molecule has 1 aromatic carbocycles. The van der Waals surface area contributed by atoms with Crippen LogP contribution < -0.4 is 5.73 Å². The van der Waals surface area contributed by atoms with Crippen LogP contribution >= 0.6 is 0 Å². The lowest BCUT2D eigenvalue weighted by Crippen LogP contribution is -2.37. The van der Waals surface area contributed by atoms with E-state index in [0.717, 1.165) is 12.0 Å². The number of hydrogen-bond donors (Lipinski definition) is 2. The van der Waals surface area contributed by atoms with Crippen molar-refractivity contribution in [2.24, 2.45) is 5.73 Å². The fraction of sp³-hybridized carbons (Fsp3) is 0.455. The zero-order valence-electron chi connectivity index (χ0n) is 8.25. The Labute approximate surface area is 79.4 Å². The van der Waals surface area contributed by atoms with Gasteiger partial charge in [0.25, 0.3) is 0 Å². The first-order valence-corrected chi connectivity index (χ1v) is 4.60. The Balaban J connectivity index is 3.12. The molecular formula is C11H17NO. The minimum Gasteiger partial charge on any atom is -0.394 e. The number of aliphatic hydroxyl groups is 1. The van der Waals surface area contributed by atoms with Gasteiger partial charge >= 0.3 is 0 Å². The minimum absolute atomic E-state index is 0.0238. The van der Waals surface area contributed by atoms with Crippen molar-refractivity contribution >= 4 is 0 Å². The highest BCUT2D eigenvalue weighted by Gasteiger charge is 2.21. The van der Waals surface area contributed by atoms with Gasteiger partial charge < -0.3 is 10.8 Å². The Morgan fingerprint density at radius 1 is 1.38 bits per heavy atom. The monoisotopic (exact) mass is 179 g/mol. The Kier molecular flexibility index (Phi) is 3.07. The van der Waals surface area contributed by atoms with Crippen molar-refractivity contribution in [3.63, 3.8) is 0 Å². The summed E-state index contributed by atoms with van der Waals surface area (Å²) < 4.78 is 0. The van der Waals surface area contributed by atoms with E-state index in [4.69, 9.17) is 10.8 Å². The fourth-order valence-electron chi connectivity index (χ4n) is 1.47. The summed E-state index contributed by atoms with van der Waals surface area (Å²) in [5, 5.41) is 9.14. The van der Waals surface area contributed by atoms with Crippen LogP contribution in [0.15, 0.2) is 24.3 Å². The first kappa shape index (κ1) is 10.2. The number of benzene rings is 1. The van der Waals surface area contributed by atoms with E-state index in [-0.39, 0.29) is 6.61 Å². The van der Waals surface area contributed by atoms with Crippen molar-refractivity contribution in [2.75, 3.05) is 6.61 Å². The molecule has 2 nitrogen and oxygen atoms in total. The van der Waals surface area contributed by atoms with Gasteiger partial charge in [-0.3, -0.25) is 0 Å². The topological polar surface area (TPSA) is 46.2 Å². The number of aliphatic hydroxyl groups excluding tert-OH is 1. The lowest BCUT2D eigenvalue weighted by atomic mass is 9.89. The highest BCUT2D eigenvalue weighted by molar-refractivity contribution is 5.33. The summed E-state index contributed by atoms with van der Waals surface area (Å²) in [5.74, 6) is 0. The Hall–Kier alpha value is -0.860. The molecule has 1 aromatic rings. The van der Waals surface area contributed by atoms with E-state index in [0.29, 0.717) is 0 Å². The van der Waals surface area contributed by atoms with Gasteiger partial charge in [-0.2, -0.15) is 0 Å². The molecule has 3 N–H and O–H groups in total. The second-order valence-electron chi connectivity index (χ2n) is 3.59. The highest BCUT2D eigenvalue weighted by Crippen LogP contribution is 2.21. The summed E-state index contributed by atoms with van der Waals surface area (Å²) in [6.07, 6.45) is 0.947. The molecule has 0 aromatic heterocycles. The average Bonchev–Trinajstić information content (AvgIpc) is 2.18. The third-order valence-corrected chi connectivity index (χ3v) is 2.34. The van der Waals surface area contributed by atoms with Gasteiger partial charge in [-0.15, -0.1) is 0 Å². The van der Waals surface area contributed by atoms with Gasteiger partial charge in [-0.25, -0.2) is 0 Å². The summed E-state index contributed by atoms with van der Waals surface area (Å²) in [5.41, 5.74) is 7.60. The van der Waals surface area contributed by atoms with E-state index in [1.54, 1.807) is 0 Å². The molecule has 13 heavy (non-hydrogen) atoms. The smallest absolute Gasteiger partial charge is 0.0650 e. The van der Waals surface area contributed by atoms with Crippen LogP contribution in [0.25, 0.3) is 0 Å². The van der Waals surface area contributed by atoms with Crippen LogP contribution in [-0.4, -0.2) is 11.7 Å². The Morgan fingerprint density at radius 2 is 2.00 bits per heavy atom. The maximum Gasteiger partial charge on any atom is 0.0650 e. The lowest BCUT2D eigenvalue weighted by Gasteiger charge is -2.24. The standard InChI is InChI=1S/C11H17NO/c1-3-9-6-4-5-7-10(9)11(2,12)8-13/h4-7,13H,3,8,12H2,1-2H3/t11-/m1/s1. The lowest BCUT2D eigenvalue weighted by molar-refractivity contribution is 0.209. The van der Waals surface area contributed by atoms with Gasteiger partial charge in [0, 0.05) is 0 Å². The van der Waals surface area contributed by atoms with E-state index < -0.39 is 5.54 Å². The van der Waals surface area contributed by atoms with Gasteiger partial charge in [0.1, 0.15) is 0 Å². The van der Waals surface area contributed by atoms with Crippen molar-refractivity contribution < 1.29 is 5.11 Å². The molecule has 0 saturated heterocycles. The number of aryl methyl sites for hydroxylation is 1. The van der Waals surface area contributed by atoms with Gasteiger partial charge in [0.05, 0.1) is 12.1 Å². The molecule has 0 unspecified atom stereocenters. The highest BCUT2D eigenvalue weighted by atomic mass is 16.3. The SMILES string of the molecule is CCc1ccccc1[C@](C)(N)CO. The molecule has 0 amide bonds. The number of nitrogens with two attached hydrogens (primary N) is 1. The fourth-order valence-corrected chi connectivity index (χ4v) is 1.47. The molecule has 0 bridgehead atoms. The van der Waals surface area contributed by atoms with Crippen molar-refractivity contribution in [3.05, 3.63) is 35.4 Å². The maximum atomic E-state index is 9.14. The Morgan fingerprint density at radius 3 is 2.54 bits per heavy atom. The van der Waals surface area contributed by atoms with Gasteiger partial charge in [0.2, 0.25) is 0 Å². The largest absolute Gasteiger partial charge is 0.394 e. The van der Waals surface area contributed by atoms with E-state index in [9.17, 15) is 0 Å². The second kappa shape index (κ2) is 3.90. The molecule has 0 spiro atoms. The van der Waals surface area contributed by atoms with E-state index >= 15 is 0 Å². The van der Waals surface area contributed by atoms with E-state index in [1.807, 2.05) is 25.1 Å². The first-order chi connectivity index (χ1) is 6.11. The minimum atomic E-state index is -0.618. The van der Waals surface area contributed by atoms with Gasteiger partial charge in [0.15, 0.2) is 0 Å². The molecule has 0 radical (unpaired) electrons. The normalized spacial score (nSPS) is 15.4. The van der Waals surface area contributed by atoms with Crippen molar-refractivity contribution in [2.45, 2.75) is 25.8 Å². The second-order valence-corrected chi connectivity index (χ2v) is 3.59. The molecule has 0 aliphatic carbocycles. The van der Waals surface area contributed by atoms with Crippen molar-refractivity contribution in [1.82, 2.24) is 0 Å². The molecule has 2 heteroatoms. The molecule has 0 fully saturated rings. The Bertz CT molecular complexity index is 281. The van der Waals surface area contributed by atoms with Crippen LogP contribution in [0.4, 0.5) is 0 Å². The maximum absolute atomic E-state index is 9.14. The average molecular weight is 179 g/mol. The zero-order chi connectivity index (χ0) is 9.90. The summed E-state index contributed by atoms with van der Waals surface area (Å²) in [6.45, 7) is 3.91. The molecular weight excluding hydrogens is 162 g/mol. The molecule has 0 aliphatic rings. The summed E-state index contributed by atoms with van der Waals surface area (Å²) >= 11 is 0. The number of hydrogen-bond acceptors (Lipinski definition) is 2. The van der Waals surface area contributed by atoms with E-state index in [2.05, 4.69) is 13.0 Å². The summed E-state index contributed by atoms with van der Waals surface area (Å²) in [7, 11) is 0. The third kappa shape index (κ3) is 2.08. The summed E-state index contributed by atoms with van der Waals surface area (Å²) in [4.78, 5) is 0. The van der Waals surface area contributed by atoms with Crippen molar-refractivity contribution in [3.8, 4) is 0 Å². The van der Waals surface area contributed by atoms with Crippen molar-refractivity contribution in [1.29, 1.82) is 0 Å². The van der Waals surface area contributed by atoms with E-state index in [1.165, 1.54) is 5.56 Å². The van der Waals surface area contributed by atoms with Crippen LogP contribution in [0.2, 0.25) is 0 Å². The van der Waals surface area contributed by atoms with Crippen LogP contribution in [0.1, 0.15) is 25.0 Å². The molecule has 72 valence electrons. The zero-order valence-corrected chi connectivity index (χ0v) is 8.25. The van der Waals surface area contributed by atoms with Crippen LogP contribution in [0.3, 0.4) is 0 Å². The quantitative estimate of drug-likeness (QED) is 0.737.